The van der Waals surface area contributed by atoms with E-state index in [-0.39, 0.29) is 11.5 Å². The third-order valence-corrected chi connectivity index (χ3v) is 4.04. The zero-order chi connectivity index (χ0) is 18.2. The molecular formula is C15H20BrN5O4. The van der Waals surface area contributed by atoms with Crippen molar-refractivity contribution in [2.45, 2.75) is 13.5 Å². The van der Waals surface area contributed by atoms with Crippen molar-refractivity contribution in [2.24, 2.45) is 0 Å². The first-order chi connectivity index (χ1) is 12.1. The molecular weight excluding hydrogens is 394 g/mol. The van der Waals surface area contributed by atoms with Gasteiger partial charge in [-0.15, -0.1) is 0 Å². The minimum absolute atomic E-state index is 0.0193. The van der Waals surface area contributed by atoms with Crippen LogP contribution < -0.4 is 25.8 Å². The molecule has 1 aromatic heterocycles. The molecule has 1 heterocycles. The van der Waals surface area contributed by atoms with E-state index >= 15 is 0 Å². The van der Waals surface area contributed by atoms with E-state index in [1.807, 2.05) is 19.1 Å². The second-order valence-corrected chi connectivity index (χ2v) is 5.78. The molecule has 0 fully saturated rings. The maximum Gasteiger partial charge on any atom is 0.277 e. The highest BCUT2D eigenvalue weighted by molar-refractivity contribution is 9.10. The number of carbonyl (C=O) groups excluding carboxylic acids is 1. The molecule has 0 saturated heterocycles. The van der Waals surface area contributed by atoms with Crippen molar-refractivity contribution >= 4 is 27.7 Å². The lowest BCUT2D eigenvalue weighted by Crippen LogP contribution is -2.32. The van der Waals surface area contributed by atoms with Gasteiger partial charge in [0, 0.05) is 29.7 Å². The SMILES string of the molecule is CCOc1c(OC)ccc(Br)c1CNCCNC(=O)c1nonc1N. The smallest absolute Gasteiger partial charge is 0.277 e. The molecule has 136 valence electrons. The molecule has 0 spiro atoms. The van der Waals surface area contributed by atoms with Crippen LogP contribution in [0.1, 0.15) is 23.0 Å². The number of nitrogen functional groups attached to an aromatic ring is 1. The van der Waals surface area contributed by atoms with Gasteiger partial charge in [-0.05, 0) is 29.4 Å². The Kier molecular flexibility index (Phi) is 7.02. The number of benzene rings is 1. The van der Waals surface area contributed by atoms with Crippen LogP contribution in [0.2, 0.25) is 0 Å². The number of amides is 1. The van der Waals surface area contributed by atoms with Gasteiger partial charge in [0.2, 0.25) is 11.5 Å². The fraction of sp³-hybridized carbons (Fsp3) is 0.400. The average molecular weight is 414 g/mol. The number of nitrogens with zero attached hydrogens (tertiary/aromatic N) is 2. The standard InChI is InChI=1S/C15H20BrN5O4/c1-3-24-13-9(10(16)4-5-11(13)23-2)8-18-6-7-19-15(22)12-14(17)21-25-20-12/h4-5,18H,3,6-8H2,1-2H3,(H2,17,21)(H,19,22). The van der Waals surface area contributed by atoms with Gasteiger partial charge < -0.3 is 25.8 Å². The predicted octanol–water partition coefficient (Wildman–Crippen LogP) is 1.34. The molecule has 1 amide bonds. The van der Waals surface area contributed by atoms with Gasteiger partial charge in [-0.1, -0.05) is 15.9 Å². The first-order valence-electron chi connectivity index (χ1n) is 7.63. The number of anilines is 1. The number of methoxy groups -OCH3 is 1. The second kappa shape index (κ2) is 9.23. The third-order valence-electron chi connectivity index (χ3n) is 3.29. The fourth-order valence-corrected chi connectivity index (χ4v) is 2.58. The van der Waals surface area contributed by atoms with Gasteiger partial charge in [-0.2, -0.15) is 0 Å². The predicted molar refractivity (Wildman–Crippen MR) is 94.6 cm³/mol. The number of hydrogen-bond acceptors (Lipinski definition) is 8. The van der Waals surface area contributed by atoms with Crippen molar-refractivity contribution in [1.82, 2.24) is 20.9 Å². The highest BCUT2D eigenvalue weighted by Crippen LogP contribution is 2.36. The second-order valence-electron chi connectivity index (χ2n) is 4.92. The maximum absolute atomic E-state index is 11.8. The summed E-state index contributed by atoms with van der Waals surface area (Å²) in [6, 6.07) is 3.75. The van der Waals surface area contributed by atoms with Gasteiger partial charge in [0.25, 0.3) is 5.91 Å². The van der Waals surface area contributed by atoms with E-state index in [0.29, 0.717) is 37.7 Å². The van der Waals surface area contributed by atoms with Gasteiger partial charge in [-0.25, -0.2) is 4.63 Å². The average Bonchev–Trinajstić information content (AvgIpc) is 3.03. The summed E-state index contributed by atoms with van der Waals surface area (Å²) in [7, 11) is 1.60. The van der Waals surface area contributed by atoms with Gasteiger partial charge >= 0.3 is 0 Å². The Morgan fingerprint density at radius 1 is 1.36 bits per heavy atom. The summed E-state index contributed by atoms with van der Waals surface area (Å²) in [5.41, 5.74) is 6.39. The quantitative estimate of drug-likeness (QED) is 0.525. The lowest BCUT2D eigenvalue weighted by Gasteiger charge is -2.16. The Bertz CT molecular complexity index is 722. The Labute approximate surface area is 153 Å². The van der Waals surface area contributed by atoms with Crippen LogP contribution in [0.15, 0.2) is 21.2 Å². The monoisotopic (exact) mass is 413 g/mol. The highest BCUT2D eigenvalue weighted by atomic mass is 79.9. The molecule has 0 aliphatic carbocycles. The Hall–Kier alpha value is -2.33. The minimum atomic E-state index is -0.432. The van der Waals surface area contributed by atoms with Crippen LogP contribution in [0, 0.1) is 0 Å². The van der Waals surface area contributed by atoms with Gasteiger partial charge in [-0.3, -0.25) is 4.79 Å². The molecule has 0 unspecified atom stereocenters. The number of aromatic nitrogens is 2. The maximum atomic E-state index is 11.8. The van der Waals surface area contributed by atoms with E-state index in [1.54, 1.807) is 7.11 Å². The summed E-state index contributed by atoms with van der Waals surface area (Å²) in [6.07, 6.45) is 0. The summed E-state index contributed by atoms with van der Waals surface area (Å²) in [4.78, 5) is 11.8. The van der Waals surface area contributed by atoms with Gasteiger partial charge in [0.05, 0.1) is 13.7 Å². The van der Waals surface area contributed by atoms with Crippen molar-refractivity contribution < 1.29 is 18.9 Å². The van der Waals surface area contributed by atoms with Crippen molar-refractivity contribution in [3.8, 4) is 11.5 Å². The van der Waals surface area contributed by atoms with E-state index in [1.165, 1.54) is 0 Å². The number of halogens is 1. The van der Waals surface area contributed by atoms with Crippen LogP contribution in [-0.2, 0) is 6.54 Å². The first kappa shape index (κ1) is 19.0. The molecule has 2 aromatic rings. The molecule has 1 aromatic carbocycles. The Morgan fingerprint density at radius 3 is 2.80 bits per heavy atom. The normalized spacial score (nSPS) is 10.5. The Morgan fingerprint density at radius 2 is 2.16 bits per heavy atom. The largest absolute Gasteiger partial charge is 0.493 e. The topological polar surface area (TPSA) is 125 Å². The molecule has 0 bridgehead atoms. The zero-order valence-electron chi connectivity index (χ0n) is 14.0. The summed E-state index contributed by atoms with van der Waals surface area (Å²) < 4.78 is 16.3. The summed E-state index contributed by atoms with van der Waals surface area (Å²) in [6.45, 7) is 3.90. The van der Waals surface area contributed by atoms with Crippen molar-refractivity contribution in [3.05, 3.63) is 27.9 Å². The lowest BCUT2D eigenvalue weighted by atomic mass is 10.2. The zero-order valence-corrected chi connectivity index (χ0v) is 15.6. The lowest BCUT2D eigenvalue weighted by molar-refractivity contribution is 0.0944. The van der Waals surface area contributed by atoms with Crippen LogP contribution in [-0.4, -0.2) is 43.0 Å². The van der Waals surface area contributed by atoms with Crippen LogP contribution in [0.25, 0.3) is 0 Å². The molecule has 0 saturated carbocycles. The van der Waals surface area contributed by atoms with E-state index in [2.05, 4.69) is 41.5 Å². The van der Waals surface area contributed by atoms with Gasteiger partial charge in [0.1, 0.15) is 0 Å². The summed E-state index contributed by atoms with van der Waals surface area (Å²) in [5.74, 6) is 0.895. The molecule has 9 nitrogen and oxygen atoms in total. The van der Waals surface area contributed by atoms with Gasteiger partial charge in [0.15, 0.2) is 11.5 Å². The van der Waals surface area contributed by atoms with Crippen LogP contribution in [0.4, 0.5) is 5.82 Å². The number of hydrogen-bond donors (Lipinski definition) is 3. The van der Waals surface area contributed by atoms with Crippen LogP contribution >= 0.6 is 15.9 Å². The fourth-order valence-electron chi connectivity index (χ4n) is 2.12. The van der Waals surface area contributed by atoms with E-state index in [4.69, 9.17) is 15.2 Å². The summed E-state index contributed by atoms with van der Waals surface area (Å²) in [5, 5.41) is 12.7. The van der Waals surface area contributed by atoms with E-state index < -0.39 is 5.91 Å². The number of ether oxygens (including phenoxy) is 2. The highest BCUT2D eigenvalue weighted by Gasteiger charge is 2.16. The van der Waals surface area contributed by atoms with Crippen LogP contribution in [0.3, 0.4) is 0 Å². The number of nitrogens with two attached hydrogens (primary N) is 1. The molecule has 0 aliphatic rings. The number of rotatable bonds is 9. The molecule has 10 heteroatoms. The molecule has 4 N–H and O–H groups in total. The molecule has 2 rings (SSSR count). The minimum Gasteiger partial charge on any atom is -0.493 e. The van der Waals surface area contributed by atoms with E-state index in [9.17, 15) is 4.79 Å². The van der Waals surface area contributed by atoms with Crippen molar-refractivity contribution in [2.75, 3.05) is 32.5 Å². The number of nitrogens with one attached hydrogen (secondary N) is 2. The molecule has 0 aliphatic heterocycles. The van der Waals surface area contributed by atoms with Crippen molar-refractivity contribution in [1.29, 1.82) is 0 Å². The molecule has 0 atom stereocenters. The molecule has 25 heavy (non-hydrogen) atoms. The third kappa shape index (κ3) is 4.83. The number of carbonyl (C=O) groups is 1. The van der Waals surface area contributed by atoms with Crippen molar-refractivity contribution in [3.63, 3.8) is 0 Å². The van der Waals surface area contributed by atoms with E-state index in [0.717, 1.165) is 10.0 Å². The summed E-state index contributed by atoms with van der Waals surface area (Å²) >= 11 is 3.52. The molecule has 0 radical (unpaired) electrons. The Balaban J connectivity index is 1.87. The van der Waals surface area contributed by atoms with Crippen LogP contribution in [0.5, 0.6) is 11.5 Å². The first-order valence-corrected chi connectivity index (χ1v) is 8.42.